The second kappa shape index (κ2) is 4.88. The monoisotopic (exact) mass is 200 g/mol. The van der Waals surface area contributed by atoms with Gasteiger partial charge in [-0.2, -0.15) is 8.75 Å². The van der Waals surface area contributed by atoms with Crippen LogP contribution < -0.4 is 11.1 Å². The second-order valence-corrected chi connectivity index (χ2v) is 3.40. The van der Waals surface area contributed by atoms with Crippen molar-refractivity contribution >= 4 is 17.6 Å². The Bertz CT molecular complexity index is 261. The first kappa shape index (κ1) is 10.1. The Morgan fingerprint density at radius 2 is 2.62 bits per heavy atom. The lowest BCUT2D eigenvalue weighted by molar-refractivity contribution is 0.0944. The van der Waals surface area contributed by atoms with E-state index in [-0.39, 0.29) is 11.8 Å². The Balaban J connectivity index is 2.35. The molecule has 0 spiro atoms. The van der Waals surface area contributed by atoms with E-state index in [1.54, 1.807) is 0 Å². The smallest absolute Gasteiger partial charge is 0.272 e. The van der Waals surface area contributed by atoms with Crippen molar-refractivity contribution in [3.05, 3.63) is 11.9 Å². The van der Waals surface area contributed by atoms with Crippen molar-refractivity contribution in [3.8, 4) is 0 Å². The van der Waals surface area contributed by atoms with Gasteiger partial charge in [-0.25, -0.2) is 0 Å². The fourth-order valence-electron chi connectivity index (χ4n) is 0.706. The van der Waals surface area contributed by atoms with Gasteiger partial charge >= 0.3 is 0 Å². The summed E-state index contributed by atoms with van der Waals surface area (Å²) in [7, 11) is 0. The molecule has 0 saturated carbocycles. The predicted molar refractivity (Wildman–Crippen MR) is 50.5 cm³/mol. The molecular weight excluding hydrogens is 188 g/mol. The van der Waals surface area contributed by atoms with Gasteiger partial charge in [0.25, 0.3) is 5.91 Å². The van der Waals surface area contributed by atoms with Crippen molar-refractivity contribution in [3.63, 3.8) is 0 Å². The molecule has 1 heterocycles. The molecule has 6 heteroatoms. The SMILES string of the molecule is CC(CN)CNC(=O)c1cnsn1. The number of aromatic nitrogens is 2. The third-order valence-electron chi connectivity index (χ3n) is 1.61. The van der Waals surface area contributed by atoms with E-state index in [0.717, 1.165) is 11.7 Å². The summed E-state index contributed by atoms with van der Waals surface area (Å²) >= 11 is 1.02. The number of nitrogens with two attached hydrogens (primary N) is 1. The predicted octanol–water partition coefficient (Wildman–Crippen LogP) is -0.137. The molecular formula is C7H12N4OS. The molecule has 0 aliphatic rings. The molecule has 0 aliphatic carbocycles. The molecule has 13 heavy (non-hydrogen) atoms. The van der Waals surface area contributed by atoms with Crippen molar-refractivity contribution in [1.82, 2.24) is 14.1 Å². The minimum Gasteiger partial charge on any atom is -0.350 e. The highest BCUT2D eigenvalue weighted by atomic mass is 32.1. The minimum absolute atomic E-state index is 0.186. The molecule has 0 radical (unpaired) electrons. The van der Waals surface area contributed by atoms with Crippen LogP contribution >= 0.6 is 11.7 Å². The van der Waals surface area contributed by atoms with Crippen LogP contribution in [0.15, 0.2) is 6.20 Å². The third kappa shape index (κ3) is 3.08. The van der Waals surface area contributed by atoms with Gasteiger partial charge in [0.1, 0.15) is 0 Å². The van der Waals surface area contributed by atoms with Gasteiger partial charge in [-0.05, 0) is 12.5 Å². The van der Waals surface area contributed by atoms with Gasteiger partial charge < -0.3 is 11.1 Å². The van der Waals surface area contributed by atoms with Crippen molar-refractivity contribution in [1.29, 1.82) is 0 Å². The van der Waals surface area contributed by atoms with Crippen molar-refractivity contribution in [2.45, 2.75) is 6.92 Å². The average Bonchev–Trinajstić information content (AvgIpc) is 2.66. The van der Waals surface area contributed by atoms with Crippen LogP contribution in [0.1, 0.15) is 17.4 Å². The number of carbonyl (C=O) groups excluding carboxylic acids is 1. The molecule has 0 saturated heterocycles. The van der Waals surface area contributed by atoms with Crippen molar-refractivity contribution < 1.29 is 4.79 Å². The number of rotatable bonds is 4. The maximum absolute atomic E-state index is 11.3. The maximum atomic E-state index is 11.3. The van der Waals surface area contributed by atoms with E-state index in [9.17, 15) is 4.79 Å². The van der Waals surface area contributed by atoms with E-state index in [1.807, 2.05) is 6.92 Å². The summed E-state index contributed by atoms with van der Waals surface area (Å²) in [4.78, 5) is 11.3. The number of nitrogens with one attached hydrogen (secondary N) is 1. The topological polar surface area (TPSA) is 80.9 Å². The highest BCUT2D eigenvalue weighted by Crippen LogP contribution is 1.95. The number of amides is 1. The normalized spacial score (nSPS) is 12.5. The summed E-state index contributed by atoms with van der Waals surface area (Å²) in [5.74, 6) is 0.101. The molecule has 1 atom stereocenters. The zero-order valence-electron chi connectivity index (χ0n) is 7.36. The van der Waals surface area contributed by atoms with E-state index in [0.29, 0.717) is 18.8 Å². The summed E-state index contributed by atoms with van der Waals surface area (Å²) in [6.45, 7) is 3.11. The number of nitrogens with zero attached hydrogens (tertiary/aromatic N) is 2. The summed E-state index contributed by atoms with van der Waals surface area (Å²) in [6.07, 6.45) is 1.45. The Kier molecular flexibility index (Phi) is 3.78. The first-order valence-electron chi connectivity index (χ1n) is 4.00. The molecule has 5 nitrogen and oxygen atoms in total. The Morgan fingerprint density at radius 3 is 3.15 bits per heavy atom. The van der Waals surface area contributed by atoms with Crippen LogP contribution in [0, 0.1) is 5.92 Å². The maximum Gasteiger partial charge on any atom is 0.272 e. The Labute approximate surface area is 80.7 Å². The van der Waals surface area contributed by atoms with Gasteiger partial charge in [-0.3, -0.25) is 4.79 Å². The van der Waals surface area contributed by atoms with E-state index in [1.165, 1.54) is 6.20 Å². The van der Waals surface area contributed by atoms with Gasteiger partial charge in [0, 0.05) is 6.54 Å². The summed E-state index contributed by atoms with van der Waals surface area (Å²) in [6, 6.07) is 0. The molecule has 1 rings (SSSR count). The molecule has 0 bridgehead atoms. The highest BCUT2D eigenvalue weighted by Gasteiger charge is 2.08. The largest absolute Gasteiger partial charge is 0.350 e. The standard InChI is InChI=1S/C7H12N4OS/c1-5(2-8)3-9-7(12)6-4-10-13-11-6/h4-5H,2-3,8H2,1H3,(H,9,12). The molecule has 72 valence electrons. The summed E-state index contributed by atoms with van der Waals surface area (Å²) in [5.41, 5.74) is 5.77. The summed E-state index contributed by atoms with van der Waals surface area (Å²) < 4.78 is 7.54. The van der Waals surface area contributed by atoms with Crippen LogP contribution in [0.5, 0.6) is 0 Å². The highest BCUT2D eigenvalue weighted by molar-refractivity contribution is 6.99. The van der Waals surface area contributed by atoms with Gasteiger partial charge in [-0.15, -0.1) is 0 Å². The molecule has 0 fully saturated rings. The molecule has 1 unspecified atom stereocenters. The summed E-state index contributed by atoms with van der Waals surface area (Å²) in [5, 5.41) is 2.72. The molecule has 1 amide bonds. The van der Waals surface area contributed by atoms with E-state index in [2.05, 4.69) is 14.1 Å². The molecule has 0 aliphatic heterocycles. The lowest BCUT2D eigenvalue weighted by Gasteiger charge is -2.08. The Hall–Kier alpha value is -1.01. The zero-order valence-corrected chi connectivity index (χ0v) is 8.17. The number of hydrogen-bond acceptors (Lipinski definition) is 5. The first-order chi connectivity index (χ1) is 6.24. The number of hydrogen-bond donors (Lipinski definition) is 2. The van der Waals surface area contributed by atoms with E-state index >= 15 is 0 Å². The lowest BCUT2D eigenvalue weighted by Crippen LogP contribution is -2.31. The van der Waals surface area contributed by atoms with Gasteiger partial charge in [0.2, 0.25) is 0 Å². The van der Waals surface area contributed by atoms with E-state index < -0.39 is 0 Å². The average molecular weight is 200 g/mol. The van der Waals surface area contributed by atoms with Crippen LogP contribution in [0.4, 0.5) is 0 Å². The molecule has 1 aromatic rings. The fourth-order valence-corrected chi connectivity index (χ4v) is 1.12. The van der Waals surface area contributed by atoms with Crippen molar-refractivity contribution in [2.75, 3.05) is 13.1 Å². The zero-order chi connectivity index (χ0) is 9.68. The lowest BCUT2D eigenvalue weighted by atomic mass is 10.2. The fraction of sp³-hybridized carbons (Fsp3) is 0.571. The van der Waals surface area contributed by atoms with Crippen LogP contribution in [0.2, 0.25) is 0 Å². The molecule has 1 aromatic heterocycles. The third-order valence-corrected chi connectivity index (χ3v) is 2.09. The van der Waals surface area contributed by atoms with Crippen molar-refractivity contribution in [2.24, 2.45) is 11.7 Å². The van der Waals surface area contributed by atoms with Gasteiger partial charge in [0.05, 0.1) is 17.9 Å². The minimum atomic E-state index is -0.186. The van der Waals surface area contributed by atoms with Crippen LogP contribution in [0.25, 0.3) is 0 Å². The molecule has 0 aromatic carbocycles. The van der Waals surface area contributed by atoms with Gasteiger partial charge in [0.15, 0.2) is 5.69 Å². The van der Waals surface area contributed by atoms with Crippen LogP contribution in [-0.4, -0.2) is 27.7 Å². The van der Waals surface area contributed by atoms with Gasteiger partial charge in [-0.1, -0.05) is 6.92 Å². The van der Waals surface area contributed by atoms with Crippen LogP contribution in [0.3, 0.4) is 0 Å². The first-order valence-corrected chi connectivity index (χ1v) is 4.73. The number of carbonyl (C=O) groups is 1. The van der Waals surface area contributed by atoms with Crippen LogP contribution in [-0.2, 0) is 0 Å². The molecule has 3 N–H and O–H groups in total. The second-order valence-electron chi connectivity index (χ2n) is 2.84. The van der Waals surface area contributed by atoms with E-state index in [4.69, 9.17) is 5.73 Å². The quantitative estimate of drug-likeness (QED) is 0.709. The Morgan fingerprint density at radius 1 is 1.85 bits per heavy atom.